The quantitative estimate of drug-likeness (QED) is 0.790. The Labute approximate surface area is 144 Å². The van der Waals surface area contributed by atoms with E-state index >= 15 is 0 Å². The molecular formula is C19H20F3NO2. The van der Waals surface area contributed by atoms with E-state index in [-0.39, 0.29) is 5.92 Å². The molecule has 0 spiro atoms. The third-order valence-corrected chi connectivity index (χ3v) is 4.06. The summed E-state index contributed by atoms with van der Waals surface area (Å²) in [5.41, 5.74) is 0.942. The Morgan fingerprint density at radius 1 is 1.08 bits per heavy atom. The predicted octanol–water partition coefficient (Wildman–Crippen LogP) is 4.09. The van der Waals surface area contributed by atoms with E-state index in [2.05, 4.69) is 5.32 Å². The van der Waals surface area contributed by atoms with Crippen LogP contribution in [0.3, 0.4) is 0 Å². The third kappa shape index (κ3) is 5.60. The van der Waals surface area contributed by atoms with Gasteiger partial charge in [-0.3, -0.25) is 4.79 Å². The van der Waals surface area contributed by atoms with Gasteiger partial charge in [-0.1, -0.05) is 49.4 Å². The van der Waals surface area contributed by atoms with Crippen LogP contribution in [0.25, 0.3) is 0 Å². The molecule has 0 aliphatic heterocycles. The molecule has 2 atom stereocenters. The predicted molar refractivity (Wildman–Crippen MR) is 89.4 cm³/mol. The lowest BCUT2D eigenvalue weighted by atomic mass is 9.98. The molecule has 2 aromatic rings. The van der Waals surface area contributed by atoms with Gasteiger partial charge in [-0.25, -0.2) is 0 Å². The minimum atomic E-state index is -4.36. The molecule has 2 N–H and O–H groups in total. The van der Waals surface area contributed by atoms with Gasteiger partial charge < -0.3 is 10.4 Å². The number of hydrogen-bond donors (Lipinski definition) is 2. The topological polar surface area (TPSA) is 49.3 Å². The number of benzene rings is 2. The van der Waals surface area contributed by atoms with Gasteiger partial charge in [0.05, 0.1) is 5.56 Å². The molecule has 0 heterocycles. The van der Waals surface area contributed by atoms with Gasteiger partial charge in [-0.15, -0.1) is 0 Å². The van der Waals surface area contributed by atoms with Gasteiger partial charge in [-0.05, 0) is 35.6 Å². The van der Waals surface area contributed by atoms with Gasteiger partial charge >= 0.3 is 12.1 Å². The normalized spacial score (nSPS) is 14.1. The molecule has 0 aromatic heterocycles. The third-order valence-electron chi connectivity index (χ3n) is 4.06. The van der Waals surface area contributed by atoms with E-state index < -0.39 is 23.8 Å². The fourth-order valence-electron chi connectivity index (χ4n) is 2.53. The van der Waals surface area contributed by atoms with E-state index in [1.165, 1.54) is 12.1 Å². The first kappa shape index (κ1) is 19.0. The maximum Gasteiger partial charge on any atom is 0.416 e. The Hall–Kier alpha value is -2.34. The molecule has 2 aromatic carbocycles. The van der Waals surface area contributed by atoms with Crippen LogP contribution in [-0.4, -0.2) is 23.7 Å². The summed E-state index contributed by atoms with van der Waals surface area (Å²) in [6.07, 6.45) is -4.01. The maximum absolute atomic E-state index is 12.6. The molecule has 25 heavy (non-hydrogen) atoms. The Bertz CT molecular complexity index is 684. The van der Waals surface area contributed by atoms with Crippen molar-refractivity contribution in [3.8, 4) is 0 Å². The number of halogens is 3. The maximum atomic E-state index is 12.6. The fourth-order valence-corrected chi connectivity index (χ4v) is 2.53. The van der Waals surface area contributed by atoms with Gasteiger partial charge in [0.1, 0.15) is 6.04 Å². The number of aliphatic carboxylic acids is 1. The molecule has 0 aliphatic carbocycles. The van der Waals surface area contributed by atoms with Crippen molar-refractivity contribution in [1.29, 1.82) is 0 Å². The van der Waals surface area contributed by atoms with Crippen molar-refractivity contribution >= 4 is 5.97 Å². The van der Waals surface area contributed by atoms with E-state index in [1.54, 1.807) is 0 Å². The van der Waals surface area contributed by atoms with Crippen LogP contribution >= 0.6 is 0 Å². The zero-order valence-corrected chi connectivity index (χ0v) is 13.8. The lowest BCUT2D eigenvalue weighted by Gasteiger charge is -2.19. The Morgan fingerprint density at radius 3 is 2.20 bits per heavy atom. The minimum Gasteiger partial charge on any atom is -0.480 e. The standard InChI is InChI=1S/C19H20F3NO2/c1-13(15-7-9-16(10-8-15)19(20,21)22)12-23-17(18(24)25)11-14-5-3-2-4-6-14/h2-10,13,17,23H,11-12H2,1H3,(H,24,25)/t13?,17-/m1/s1. The largest absolute Gasteiger partial charge is 0.480 e. The second kappa shape index (κ2) is 8.16. The van der Waals surface area contributed by atoms with Crippen molar-refractivity contribution in [2.75, 3.05) is 6.54 Å². The fraction of sp³-hybridized carbons (Fsp3) is 0.316. The molecule has 6 heteroatoms. The van der Waals surface area contributed by atoms with Crippen molar-refractivity contribution in [2.24, 2.45) is 0 Å². The summed E-state index contributed by atoms with van der Waals surface area (Å²) in [7, 11) is 0. The van der Waals surface area contributed by atoms with Gasteiger partial charge in [0, 0.05) is 6.54 Å². The van der Waals surface area contributed by atoms with Gasteiger partial charge in [0.15, 0.2) is 0 Å². The molecule has 0 amide bonds. The summed E-state index contributed by atoms with van der Waals surface area (Å²) in [5, 5.41) is 12.3. The number of nitrogens with one attached hydrogen (secondary N) is 1. The van der Waals surface area contributed by atoms with Crippen LogP contribution in [0.1, 0.15) is 29.5 Å². The Morgan fingerprint density at radius 2 is 1.68 bits per heavy atom. The van der Waals surface area contributed by atoms with Crippen molar-refractivity contribution in [2.45, 2.75) is 31.5 Å². The monoisotopic (exact) mass is 351 g/mol. The van der Waals surface area contributed by atoms with Crippen LogP contribution in [0.5, 0.6) is 0 Å². The number of hydrogen-bond acceptors (Lipinski definition) is 2. The number of alkyl halides is 3. The van der Waals surface area contributed by atoms with Crippen LogP contribution in [0, 0.1) is 0 Å². The number of carbonyl (C=O) groups is 1. The van der Waals surface area contributed by atoms with Crippen LogP contribution in [0.2, 0.25) is 0 Å². The summed E-state index contributed by atoms with van der Waals surface area (Å²) >= 11 is 0. The van der Waals surface area contributed by atoms with Crippen LogP contribution in [-0.2, 0) is 17.4 Å². The highest BCUT2D eigenvalue weighted by atomic mass is 19.4. The second-order valence-corrected chi connectivity index (χ2v) is 6.01. The molecule has 0 saturated heterocycles. The molecular weight excluding hydrogens is 331 g/mol. The summed E-state index contributed by atoms with van der Waals surface area (Å²) in [5.74, 6) is -1.07. The zero-order chi connectivity index (χ0) is 18.4. The van der Waals surface area contributed by atoms with E-state index in [4.69, 9.17) is 0 Å². The first-order chi connectivity index (χ1) is 11.8. The SMILES string of the molecule is CC(CN[C@H](Cc1ccccc1)C(=O)O)c1ccc(C(F)(F)F)cc1. The molecule has 0 aliphatic rings. The smallest absolute Gasteiger partial charge is 0.416 e. The summed E-state index contributed by atoms with van der Waals surface area (Å²) in [6.45, 7) is 2.20. The highest BCUT2D eigenvalue weighted by Gasteiger charge is 2.30. The number of carboxylic acid groups (broad SMARTS) is 1. The highest BCUT2D eigenvalue weighted by Crippen LogP contribution is 2.30. The van der Waals surface area contributed by atoms with E-state index in [0.29, 0.717) is 13.0 Å². The van der Waals surface area contributed by atoms with E-state index in [0.717, 1.165) is 23.3 Å². The number of carboxylic acids is 1. The van der Waals surface area contributed by atoms with Crippen molar-refractivity contribution in [3.63, 3.8) is 0 Å². The number of rotatable bonds is 7. The molecule has 1 unspecified atom stereocenters. The summed E-state index contributed by atoms with van der Waals surface area (Å²) < 4.78 is 37.8. The molecule has 0 saturated carbocycles. The molecule has 0 radical (unpaired) electrons. The van der Waals surface area contributed by atoms with Crippen molar-refractivity contribution < 1.29 is 23.1 Å². The average molecular weight is 351 g/mol. The first-order valence-corrected chi connectivity index (χ1v) is 7.94. The molecule has 134 valence electrons. The summed E-state index contributed by atoms with van der Waals surface area (Å²) in [6, 6.07) is 13.5. The Balaban J connectivity index is 1.96. The summed E-state index contributed by atoms with van der Waals surface area (Å²) in [4.78, 5) is 11.4. The zero-order valence-electron chi connectivity index (χ0n) is 13.8. The average Bonchev–Trinajstić information content (AvgIpc) is 2.58. The lowest BCUT2D eigenvalue weighted by Crippen LogP contribution is -2.40. The lowest BCUT2D eigenvalue weighted by molar-refractivity contribution is -0.139. The van der Waals surface area contributed by atoms with Gasteiger partial charge in [-0.2, -0.15) is 13.2 Å². The minimum absolute atomic E-state index is 0.111. The van der Waals surface area contributed by atoms with Gasteiger partial charge in [0.2, 0.25) is 0 Å². The van der Waals surface area contributed by atoms with Crippen LogP contribution in [0.4, 0.5) is 13.2 Å². The van der Waals surface area contributed by atoms with Crippen molar-refractivity contribution in [3.05, 3.63) is 71.3 Å². The molecule has 0 fully saturated rings. The van der Waals surface area contributed by atoms with E-state index in [1.807, 2.05) is 37.3 Å². The molecule has 3 nitrogen and oxygen atoms in total. The Kier molecular flexibility index (Phi) is 6.20. The van der Waals surface area contributed by atoms with Crippen molar-refractivity contribution in [1.82, 2.24) is 5.32 Å². The first-order valence-electron chi connectivity index (χ1n) is 7.94. The molecule has 2 rings (SSSR count). The van der Waals surface area contributed by atoms with Crippen LogP contribution < -0.4 is 5.32 Å². The second-order valence-electron chi connectivity index (χ2n) is 6.01. The molecule has 0 bridgehead atoms. The highest BCUT2D eigenvalue weighted by molar-refractivity contribution is 5.73. The van der Waals surface area contributed by atoms with Gasteiger partial charge in [0.25, 0.3) is 0 Å². The van der Waals surface area contributed by atoms with Crippen LogP contribution in [0.15, 0.2) is 54.6 Å². The van der Waals surface area contributed by atoms with E-state index in [9.17, 15) is 23.1 Å².